The fourth-order valence-corrected chi connectivity index (χ4v) is 5.26. The molecule has 5 rings (SSSR count). The van der Waals surface area contributed by atoms with Gasteiger partial charge in [-0.15, -0.1) is 11.6 Å². The molecule has 27 heavy (non-hydrogen) atoms. The van der Waals surface area contributed by atoms with Crippen LogP contribution in [0.15, 0.2) is 0 Å². The Bertz CT molecular complexity index is 602. The number of carbonyl (C=O) groups excluding carboxylic acids is 2. The van der Waals surface area contributed by atoms with Gasteiger partial charge in [-0.1, -0.05) is 0 Å². The molecular weight excluding hydrogens is 375 g/mol. The van der Waals surface area contributed by atoms with Gasteiger partial charge in [-0.3, -0.25) is 9.59 Å². The fourth-order valence-electron chi connectivity index (χ4n) is 5.03. The molecule has 4 atom stereocenters. The second-order valence-electron chi connectivity index (χ2n) is 8.80. The lowest BCUT2D eigenvalue weighted by atomic mass is 9.44. The van der Waals surface area contributed by atoms with Crippen molar-refractivity contribution in [1.82, 2.24) is 21.1 Å². The predicted molar refractivity (Wildman–Crippen MR) is 97.9 cm³/mol. The van der Waals surface area contributed by atoms with Crippen molar-refractivity contribution in [3.05, 3.63) is 0 Å². The molecule has 9 heteroatoms. The topological polar surface area (TPSA) is 82.7 Å². The predicted octanol–water partition coefficient (Wildman–Crippen LogP) is 0.617. The van der Waals surface area contributed by atoms with Gasteiger partial charge in [0.15, 0.2) is 0 Å². The minimum absolute atomic E-state index is 0.0398. The summed E-state index contributed by atoms with van der Waals surface area (Å²) in [7, 11) is 1.93. The highest BCUT2D eigenvalue weighted by molar-refractivity contribution is 6.21. The summed E-state index contributed by atoms with van der Waals surface area (Å²) in [6.07, 6.45) is 3.33. The van der Waals surface area contributed by atoms with Crippen LogP contribution in [0.5, 0.6) is 0 Å². The molecule has 2 amide bonds. The zero-order valence-electron chi connectivity index (χ0n) is 15.6. The first-order chi connectivity index (χ1) is 12.8. The average Bonchev–Trinajstić information content (AvgIpc) is 2.99. The van der Waals surface area contributed by atoms with Gasteiger partial charge in [-0.2, -0.15) is 0 Å². The Morgan fingerprint density at radius 1 is 1.22 bits per heavy atom. The van der Waals surface area contributed by atoms with Crippen LogP contribution >= 0.6 is 11.6 Å². The number of carbonyl (C=O) groups is 2. The summed E-state index contributed by atoms with van der Waals surface area (Å²) in [5, 5.41) is 7.67. The van der Waals surface area contributed by atoms with E-state index < -0.39 is 11.5 Å². The van der Waals surface area contributed by atoms with Crippen molar-refractivity contribution in [2.75, 3.05) is 20.2 Å². The minimum Gasteiger partial charge on any atom is -0.368 e. The van der Waals surface area contributed by atoms with Crippen molar-refractivity contribution in [2.24, 2.45) is 0 Å². The molecule has 4 unspecified atom stereocenters. The van der Waals surface area contributed by atoms with Gasteiger partial charge in [-0.05, 0) is 38.5 Å². The van der Waals surface area contributed by atoms with Crippen LogP contribution < -0.4 is 16.1 Å². The molecule has 1 saturated heterocycles. The van der Waals surface area contributed by atoms with Crippen LogP contribution in [0.1, 0.15) is 44.9 Å². The zero-order chi connectivity index (χ0) is 19.2. The van der Waals surface area contributed by atoms with E-state index in [0.29, 0.717) is 12.8 Å². The van der Waals surface area contributed by atoms with E-state index in [4.69, 9.17) is 16.3 Å². The maximum absolute atomic E-state index is 13.6. The van der Waals surface area contributed by atoms with Crippen LogP contribution in [0.2, 0.25) is 0 Å². The molecule has 4 saturated carbocycles. The molecule has 152 valence electrons. The average molecular weight is 403 g/mol. The lowest BCUT2D eigenvalue weighted by molar-refractivity contribution is -0.154. The van der Waals surface area contributed by atoms with Crippen LogP contribution in [0, 0.1) is 0 Å². The molecule has 0 aromatic carbocycles. The maximum atomic E-state index is 13.6. The Balaban J connectivity index is 1.15. The number of nitrogens with zero attached hydrogens (tertiary/aromatic N) is 1. The first kappa shape index (κ1) is 19.4. The molecular formula is C18H28ClFN4O3. The molecule has 0 spiro atoms. The summed E-state index contributed by atoms with van der Waals surface area (Å²) in [6.45, 7) is 0.810. The van der Waals surface area contributed by atoms with Gasteiger partial charge in [0.05, 0.1) is 11.5 Å². The Labute approximate surface area is 163 Å². The molecule has 0 aromatic rings. The summed E-state index contributed by atoms with van der Waals surface area (Å²) in [4.78, 5) is 24.5. The van der Waals surface area contributed by atoms with Crippen LogP contribution in [-0.4, -0.2) is 71.8 Å². The molecule has 1 heterocycles. The van der Waals surface area contributed by atoms with E-state index in [1.165, 1.54) is 0 Å². The van der Waals surface area contributed by atoms with E-state index in [1.54, 1.807) is 0 Å². The van der Waals surface area contributed by atoms with E-state index in [2.05, 4.69) is 16.1 Å². The highest BCUT2D eigenvalue weighted by Crippen LogP contribution is 2.60. The summed E-state index contributed by atoms with van der Waals surface area (Å²) in [6, 6.07) is -0.162. The number of halogens is 2. The van der Waals surface area contributed by atoms with E-state index in [-0.39, 0.29) is 48.1 Å². The lowest BCUT2D eigenvalue weighted by Gasteiger charge is -2.70. The van der Waals surface area contributed by atoms with Crippen molar-refractivity contribution in [3.63, 3.8) is 0 Å². The Kier molecular flexibility index (Phi) is 5.12. The maximum Gasteiger partial charge on any atom is 0.246 e. The second kappa shape index (κ2) is 7.13. The van der Waals surface area contributed by atoms with E-state index in [1.807, 2.05) is 12.1 Å². The molecule has 0 radical (unpaired) electrons. The molecule has 1 aliphatic heterocycles. The molecule has 3 N–H and O–H groups in total. The number of rotatable bonds is 6. The molecule has 5 fully saturated rings. The summed E-state index contributed by atoms with van der Waals surface area (Å²) in [5.74, 6) is -0.130. The zero-order valence-corrected chi connectivity index (χ0v) is 16.4. The number of alkyl halides is 2. The van der Waals surface area contributed by atoms with E-state index >= 15 is 0 Å². The van der Waals surface area contributed by atoms with Crippen LogP contribution in [-0.2, 0) is 14.3 Å². The van der Waals surface area contributed by atoms with Gasteiger partial charge in [0.25, 0.3) is 0 Å². The molecule has 4 aliphatic carbocycles. The molecule has 0 aromatic heterocycles. The van der Waals surface area contributed by atoms with Crippen molar-refractivity contribution < 1.29 is 18.7 Å². The Hall–Kier alpha value is -0.960. The van der Waals surface area contributed by atoms with Gasteiger partial charge in [-0.25, -0.2) is 14.8 Å². The Morgan fingerprint density at radius 3 is 2.56 bits per heavy atom. The monoisotopic (exact) mass is 402 g/mol. The van der Waals surface area contributed by atoms with Crippen molar-refractivity contribution >= 4 is 23.4 Å². The fraction of sp³-hybridized carbons (Fsp3) is 0.889. The van der Waals surface area contributed by atoms with Crippen LogP contribution in [0.4, 0.5) is 4.39 Å². The van der Waals surface area contributed by atoms with Crippen LogP contribution in [0.25, 0.3) is 0 Å². The third kappa shape index (κ3) is 3.95. The van der Waals surface area contributed by atoms with Crippen LogP contribution in [0.3, 0.4) is 0 Å². The SMILES string of the molecule is CN1CCC(C(=O)NC23CC(NC(=O)COC4CCC(Cl)C(F)C4)(C2)C3)N1. The largest absolute Gasteiger partial charge is 0.368 e. The van der Waals surface area contributed by atoms with Gasteiger partial charge in [0.1, 0.15) is 18.8 Å². The van der Waals surface area contributed by atoms with Crippen molar-refractivity contribution in [1.29, 1.82) is 0 Å². The van der Waals surface area contributed by atoms with Crippen molar-refractivity contribution in [3.8, 4) is 0 Å². The quantitative estimate of drug-likeness (QED) is 0.567. The standard InChI is InChI=1S/C18H28ClFN4O3/c1-24-5-4-14(23-24)16(26)22-18-8-17(9-18,10-18)21-15(25)7-27-11-2-3-12(19)13(20)6-11/h11-14,23H,2-10H2,1H3,(H,21,25)(H,22,26). The number of hydrazine groups is 1. The second-order valence-corrected chi connectivity index (χ2v) is 9.36. The van der Waals surface area contributed by atoms with E-state index in [9.17, 15) is 14.0 Å². The third-order valence-corrected chi connectivity index (χ3v) is 6.86. The minimum atomic E-state index is -1.07. The highest BCUT2D eigenvalue weighted by Gasteiger charge is 2.69. The molecule has 2 bridgehead atoms. The van der Waals surface area contributed by atoms with E-state index in [0.717, 1.165) is 32.2 Å². The molecule has 5 aliphatic rings. The lowest BCUT2D eigenvalue weighted by Crippen LogP contribution is -2.84. The number of ether oxygens (including phenoxy) is 1. The first-order valence-corrected chi connectivity index (χ1v) is 10.2. The number of amides is 2. The number of hydrogen-bond acceptors (Lipinski definition) is 5. The first-order valence-electron chi connectivity index (χ1n) is 9.78. The van der Waals surface area contributed by atoms with Gasteiger partial charge in [0.2, 0.25) is 11.8 Å². The van der Waals surface area contributed by atoms with Gasteiger partial charge >= 0.3 is 0 Å². The summed E-state index contributed by atoms with van der Waals surface area (Å²) < 4.78 is 19.2. The van der Waals surface area contributed by atoms with Crippen molar-refractivity contribution in [2.45, 2.75) is 79.7 Å². The smallest absolute Gasteiger partial charge is 0.246 e. The Morgan fingerprint density at radius 2 is 1.93 bits per heavy atom. The summed E-state index contributed by atoms with van der Waals surface area (Å²) >= 11 is 5.87. The van der Waals surface area contributed by atoms with Gasteiger partial charge in [0, 0.05) is 31.1 Å². The van der Waals surface area contributed by atoms with Gasteiger partial charge < -0.3 is 15.4 Å². The number of hydrogen-bond donors (Lipinski definition) is 3. The highest BCUT2D eigenvalue weighted by atomic mass is 35.5. The number of nitrogens with one attached hydrogen (secondary N) is 3. The summed E-state index contributed by atoms with van der Waals surface area (Å²) in [5.41, 5.74) is 2.77. The molecule has 7 nitrogen and oxygen atoms in total. The third-order valence-electron chi connectivity index (χ3n) is 6.36. The normalized spacial score (nSPS) is 43.5.